The van der Waals surface area contributed by atoms with Crippen LogP contribution in [0.15, 0.2) is 34.9 Å². The Morgan fingerprint density at radius 1 is 1.22 bits per heavy atom. The van der Waals surface area contributed by atoms with Crippen molar-refractivity contribution in [3.05, 3.63) is 53.2 Å². The molecule has 1 aromatic heterocycles. The number of hydrogen-bond donors (Lipinski definition) is 1. The third kappa shape index (κ3) is 7.70. The van der Waals surface area contributed by atoms with Gasteiger partial charge in [-0.2, -0.15) is 0 Å². The van der Waals surface area contributed by atoms with Gasteiger partial charge in [0.05, 0.1) is 26.4 Å². The molecule has 1 saturated heterocycles. The second-order valence-corrected chi connectivity index (χ2v) is 8.44. The molecule has 1 aliphatic rings. The van der Waals surface area contributed by atoms with Gasteiger partial charge < -0.3 is 19.2 Å². The third-order valence-electron chi connectivity index (χ3n) is 5.62. The smallest absolute Gasteiger partial charge is 0.273 e. The van der Waals surface area contributed by atoms with E-state index in [1.807, 2.05) is 0 Å². The minimum absolute atomic E-state index is 0.249. The van der Waals surface area contributed by atoms with E-state index in [1.165, 1.54) is 17.4 Å². The Labute approximate surface area is 190 Å². The molecular weight excluding hydrogens is 408 g/mol. The number of carbonyl (C=O) groups is 1. The average molecular weight is 445 g/mol. The van der Waals surface area contributed by atoms with Crippen LogP contribution in [0.3, 0.4) is 0 Å². The second-order valence-electron chi connectivity index (χ2n) is 8.44. The Balaban J connectivity index is 1.62. The van der Waals surface area contributed by atoms with E-state index in [0.29, 0.717) is 37.2 Å². The van der Waals surface area contributed by atoms with E-state index in [9.17, 15) is 4.79 Å². The molecular formula is C24H36N4O4. The third-order valence-corrected chi connectivity index (χ3v) is 5.62. The molecule has 0 radical (unpaired) electrons. The fraction of sp³-hybridized carbons (Fsp3) is 0.583. The number of amides is 1. The summed E-state index contributed by atoms with van der Waals surface area (Å²) in [7, 11) is 1.60. The monoisotopic (exact) mass is 444 g/mol. The van der Waals surface area contributed by atoms with Gasteiger partial charge in [-0.05, 0) is 17.0 Å². The topological polar surface area (TPSA) is 80.1 Å². The summed E-state index contributed by atoms with van der Waals surface area (Å²) < 4.78 is 16.0. The van der Waals surface area contributed by atoms with Crippen LogP contribution >= 0.6 is 0 Å². The van der Waals surface area contributed by atoms with Gasteiger partial charge in [0.25, 0.3) is 5.91 Å². The maximum absolute atomic E-state index is 12.2. The van der Waals surface area contributed by atoms with Crippen molar-refractivity contribution in [1.82, 2.24) is 20.1 Å². The van der Waals surface area contributed by atoms with E-state index in [1.54, 1.807) is 7.11 Å². The first-order chi connectivity index (χ1) is 15.5. The van der Waals surface area contributed by atoms with Crippen LogP contribution in [0.1, 0.15) is 47.3 Å². The minimum atomic E-state index is -0.249. The predicted octanol–water partition coefficient (Wildman–Crippen LogP) is 2.51. The fourth-order valence-electron chi connectivity index (χ4n) is 3.62. The number of methoxy groups -OCH3 is 1. The molecule has 8 heteroatoms. The summed E-state index contributed by atoms with van der Waals surface area (Å²) in [6, 6.07) is 8.80. The van der Waals surface area contributed by atoms with Crippen LogP contribution < -0.4 is 5.32 Å². The number of hydrogen-bond acceptors (Lipinski definition) is 7. The number of nitrogens with zero attached hydrogens (tertiary/aromatic N) is 3. The van der Waals surface area contributed by atoms with Crippen molar-refractivity contribution >= 4 is 5.91 Å². The van der Waals surface area contributed by atoms with Crippen molar-refractivity contribution in [2.75, 3.05) is 59.7 Å². The molecule has 3 rings (SSSR count). The highest BCUT2D eigenvalue weighted by Gasteiger charge is 2.17. The van der Waals surface area contributed by atoms with E-state index in [4.69, 9.17) is 13.9 Å². The zero-order chi connectivity index (χ0) is 22.8. The van der Waals surface area contributed by atoms with E-state index in [2.05, 4.69) is 58.2 Å². The van der Waals surface area contributed by atoms with Crippen molar-refractivity contribution in [2.45, 2.75) is 32.9 Å². The molecule has 0 saturated carbocycles. The van der Waals surface area contributed by atoms with Crippen molar-refractivity contribution < 1.29 is 18.7 Å². The molecule has 0 bridgehead atoms. The van der Waals surface area contributed by atoms with Crippen LogP contribution in [0, 0.1) is 0 Å². The molecule has 32 heavy (non-hydrogen) atoms. The quantitative estimate of drug-likeness (QED) is 0.504. The first-order valence-corrected chi connectivity index (χ1v) is 11.4. The minimum Gasteiger partial charge on any atom is -0.447 e. The normalized spacial score (nSPS) is 14.9. The van der Waals surface area contributed by atoms with Gasteiger partial charge in [-0.25, -0.2) is 4.98 Å². The number of carbonyl (C=O) groups excluding carboxylic acids is 1. The van der Waals surface area contributed by atoms with Crippen molar-refractivity contribution in [3.8, 4) is 0 Å². The lowest BCUT2D eigenvalue weighted by Gasteiger charge is -2.29. The Kier molecular flexibility index (Phi) is 9.67. The molecule has 1 aromatic carbocycles. The Bertz CT molecular complexity index is 816. The van der Waals surface area contributed by atoms with Crippen LogP contribution in [0.2, 0.25) is 0 Å². The SMILES string of the molecule is COCCNC(=O)c1coc(CN(CCN2CCOCC2)Cc2ccc(C(C)C)cc2)n1. The highest BCUT2D eigenvalue weighted by atomic mass is 16.5. The Morgan fingerprint density at radius 2 is 1.97 bits per heavy atom. The maximum Gasteiger partial charge on any atom is 0.273 e. The lowest BCUT2D eigenvalue weighted by molar-refractivity contribution is 0.0320. The summed E-state index contributed by atoms with van der Waals surface area (Å²) in [5.41, 5.74) is 2.89. The van der Waals surface area contributed by atoms with Gasteiger partial charge in [-0.3, -0.25) is 14.6 Å². The Morgan fingerprint density at radius 3 is 2.66 bits per heavy atom. The first-order valence-electron chi connectivity index (χ1n) is 11.4. The molecule has 0 aliphatic carbocycles. The molecule has 0 spiro atoms. The number of oxazole rings is 1. The highest BCUT2D eigenvalue weighted by Crippen LogP contribution is 2.17. The summed E-state index contributed by atoms with van der Waals surface area (Å²) in [6.45, 7) is 12.0. The van der Waals surface area contributed by atoms with Gasteiger partial charge in [0, 0.05) is 46.4 Å². The molecule has 0 unspecified atom stereocenters. The van der Waals surface area contributed by atoms with Crippen LogP contribution in [0.5, 0.6) is 0 Å². The zero-order valence-electron chi connectivity index (χ0n) is 19.5. The fourth-order valence-corrected chi connectivity index (χ4v) is 3.62. The highest BCUT2D eigenvalue weighted by molar-refractivity contribution is 5.91. The average Bonchev–Trinajstić information content (AvgIpc) is 3.27. The standard InChI is InChI=1S/C24H36N4O4/c1-19(2)21-6-4-20(5-7-21)16-28(10-9-27-11-14-31-15-12-27)17-23-26-22(18-32-23)24(29)25-8-13-30-3/h4-7,18-19H,8-17H2,1-3H3,(H,25,29). The van der Waals surface area contributed by atoms with Gasteiger partial charge in [0.1, 0.15) is 6.26 Å². The van der Waals surface area contributed by atoms with Crippen molar-refractivity contribution in [3.63, 3.8) is 0 Å². The van der Waals surface area contributed by atoms with Crippen molar-refractivity contribution in [2.24, 2.45) is 0 Å². The van der Waals surface area contributed by atoms with E-state index in [0.717, 1.165) is 45.9 Å². The molecule has 1 N–H and O–H groups in total. The van der Waals surface area contributed by atoms with E-state index >= 15 is 0 Å². The molecule has 176 valence electrons. The molecule has 1 aliphatic heterocycles. The number of morpholine rings is 1. The molecule has 8 nitrogen and oxygen atoms in total. The summed E-state index contributed by atoms with van der Waals surface area (Å²) in [5, 5.41) is 2.77. The lowest BCUT2D eigenvalue weighted by Crippen LogP contribution is -2.41. The molecule has 1 fully saturated rings. The summed E-state index contributed by atoms with van der Waals surface area (Å²) in [5.74, 6) is 0.811. The van der Waals surface area contributed by atoms with Gasteiger partial charge in [-0.15, -0.1) is 0 Å². The van der Waals surface area contributed by atoms with Crippen LogP contribution in [0.25, 0.3) is 0 Å². The molecule has 2 aromatic rings. The van der Waals surface area contributed by atoms with Crippen molar-refractivity contribution in [1.29, 1.82) is 0 Å². The molecule has 0 atom stereocenters. The van der Waals surface area contributed by atoms with Gasteiger partial charge in [0.2, 0.25) is 5.89 Å². The second kappa shape index (κ2) is 12.7. The molecule has 1 amide bonds. The van der Waals surface area contributed by atoms with Crippen LogP contribution in [-0.4, -0.2) is 80.3 Å². The number of nitrogens with one attached hydrogen (secondary N) is 1. The summed E-state index contributed by atoms with van der Waals surface area (Å²) >= 11 is 0. The lowest BCUT2D eigenvalue weighted by atomic mass is 10.0. The number of aromatic nitrogens is 1. The predicted molar refractivity (Wildman–Crippen MR) is 123 cm³/mol. The van der Waals surface area contributed by atoms with E-state index in [-0.39, 0.29) is 5.91 Å². The summed E-state index contributed by atoms with van der Waals surface area (Å²) in [4.78, 5) is 21.4. The number of rotatable bonds is 12. The maximum atomic E-state index is 12.2. The first kappa shape index (κ1) is 24.4. The largest absolute Gasteiger partial charge is 0.447 e. The van der Waals surface area contributed by atoms with E-state index < -0.39 is 0 Å². The zero-order valence-corrected chi connectivity index (χ0v) is 19.5. The van der Waals surface area contributed by atoms with Crippen LogP contribution in [-0.2, 0) is 22.6 Å². The molecule has 2 heterocycles. The number of ether oxygens (including phenoxy) is 2. The van der Waals surface area contributed by atoms with Gasteiger partial charge in [0.15, 0.2) is 5.69 Å². The summed E-state index contributed by atoms with van der Waals surface area (Å²) in [6.07, 6.45) is 1.43. The Hall–Kier alpha value is -2.26. The van der Waals surface area contributed by atoms with Crippen LogP contribution in [0.4, 0.5) is 0 Å². The van der Waals surface area contributed by atoms with Gasteiger partial charge in [-0.1, -0.05) is 38.1 Å². The number of benzene rings is 1. The van der Waals surface area contributed by atoms with Gasteiger partial charge >= 0.3 is 0 Å².